The largest absolute Gasteiger partial charge is 0.341 e. The molecule has 0 aromatic heterocycles. The standard InChI is InChI=1S/C2H5ClN2O3S/c3-1-2-4-9(7,8)5-6/h2,5-6H,1H2. The average Bonchev–Trinajstić information content (AvgIpc) is 1.84. The van der Waals surface area contributed by atoms with Gasteiger partial charge in [0.15, 0.2) is 0 Å². The fourth-order valence-corrected chi connectivity index (χ4v) is 0.619. The summed E-state index contributed by atoms with van der Waals surface area (Å²) < 4.78 is 23.1. The van der Waals surface area contributed by atoms with Crippen molar-refractivity contribution < 1.29 is 13.6 Å². The normalized spacial score (nSPS) is 12.7. The molecule has 0 bridgehead atoms. The Balaban J connectivity index is 4.04. The number of nitrogens with zero attached hydrogens (tertiary/aromatic N) is 1. The van der Waals surface area contributed by atoms with Gasteiger partial charge in [-0.15, -0.1) is 11.6 Å². The molecule has 0 radical (unpaired) electrons. The Bertz CT molecular complexity index is 186. The van der Waals surface area contributed by atoms with Gasteiger partial charge in [-0.2, -0.15) is 12.8 Å². The lowest BCUT2D eigenvalue weighted by Crippen LogP contribution is -2.16. The Hall–Kier alpha value is -0.170. The van der Waals surface area contributed by atoms with E-state index >= 15 is 0 Å². The molecule has 0 fully saturated rings. The Morgan fingerprint density at radius 1 is 1.78 bits per heavy atom. The van der Waals surface area contributed by atoms with E-state index in [1.54, 1.807) is 0 Å². The molecule has 0 rings (SSSR count). The van der Waals surface area contributed by atoms with Crippen molar-refractivity contribution in [3.05, 3.63) is 0 Å². The highest BCUT2D eigenvalue weighted by Crippen LogP contribution is 1.80. The predicted molar refractivity (Wildman–Crippen MR) is 33.1 cm³/mol. The molecule has 0 aliphatic heterocycles. The van der Waals surface area contributed by atoms with Crippen LogP contribution in [-0.4, -0.2) is 25.7 Å². The van der Waals surface area contributed by atoms with Crippen molar-refractivity contribution in [1.82, 2.24) is 4.89 Å². The van der Waals surface area contributed by atoms with E-state index in [0.29, 0.717) is 0 Å². The summed E-state index contributed by atoms with van der Waals surface area (Å²) >= 11 is 5.04. The lowest BCUT2D eigenvalue weighted by Gasteiger charge is -1.88. The lowest BCUT2D eigenvalue weighted by atomic mass is 10.9. The van der Waals surface area contributed by atoms with Crippen molar-refractivity contribution in [3.63, 3.8) is 0 Å². The van der Waals surface area contributed by atoms with E-state index in [4.69, 9.17) is 16.8 Å². The SMILES string of the molecule is O=S(=O)(N=CCCl)NO. The zero-order chi connectivity index (χ0) is 7.33. The molecule has 2 N–H and O–H groups in total. The topological polar surface area (TPSA) is 78.8 Å². The Morgan fingerprint density at radius 2 is 2.33 bits per heavy atom. The number of nitrogens with one attached hydrogen (secondary N) is 1. The van der Waals surface area contributed by atoms with Crippen LogP contribution >= 0.6 is 11.6 Å². The molecule has 7 heteroatoms. The second-order valence-electron chi connectivity index (χ2n) is 1.01. The van der Waals surface area contributed by atoms with Crippen LogP contribution in [0.1, 0.15) is 0 Å². The van der Waals surface area contributed by atoms with Gasteiger partial charge in [-0.1, -0.05) is 4.89 Å². The van der Waals surface area contributed by atoms with Crippen molar-refractivity contribution in [2.24, 2.45) is 4.40 Å². The molecule has 0 unspecified atom stereocenters. The second kappa shape index (κ2) is 3.78. The minimum atomic E-state index is -3.89. The van der Waals surface area contributed by atoms with Crippen LogP contribution in [0.5, 0.6) is 0 Å². The van der Waals surface area contributed by atoms with E-state index in [1.165, 1.54) is 0 Å². The van der Waals surface area contributed by atoms with E-state index in [-0.39, 0.29) is 5.88 Å². The Labute approximate surface area is 57.5 Å². The third-order valence-corrected chi connectivity index (χ3v) is 1.19. The summed E-state index contributed by atoms with van der Waals surface area (Å²) in [4.78, 5) is 0.992. The van der Waals surface area contributed by atoms with Gasteiger partial charge in [0.25, 0.3) is 0 Å². The Morgan fingerprint density at radius 3 is 2.67 bits per heavy atom. The zero-order valence-corrected chi connectivity index (χ0v) is 5.85. The van der Waals surface area contributed by atoms with Crippen LogP contribution in [0.25, 0.3) is 0 Å². The number of halogens is 1. The van der Waals surface area contributed by atoms with Crippen LogP contribution in [0.15, 0.2) is 4.40 Å². The fourth-order valence-electron chi connectivity index (χ4n) is 0.150. The van der Waals surface area contributed by atoms with Crippen molar-refractivity contribution in [2.45, 2.75) is 0 Å². The number of hydrogen-bond acceptors (Lipinski definition) is 3. The van der Waals surface area contributed by atoms with Gasteiger partial charge in [0.2, 0.25) is 0 Å². The molecule has 0 aromatic rings. The third kappa shape index (κ3) is 4.34. The maximum atomic E-state index is 10.1. The van der Waals surface area contributed by atoms with Crippen molar-refractivity contribution in [1.29, 1.82) is 0 Å². The minimum absolute atomic E-state index is 0.0130. The minimum Gasteiger partial charge on any atom is -0.301 e. The molecule has 0 amide bonds. The molecule has 54 valence electrons. The van der Waals surface area contributed by atoms with Gasteiger partial charge in [-0.05, 0) is 0 Å². The van der Waals surface area contributed by atoms with Crippen LogP contribution < -0.4 is 4.89 Å². The molecule has 0 atom stereocenters. The van der Waals surface area contributed by atoms with Crippen LogP contribution in [0, 0.1) is 0 Å². The quantitative estimate of drug-likeness (QED) is 0.343. The smallest absolute Gasteiger partial charge is 0.301 e. The maximum Gasteiger partial charge on any atom is 0.341 e. The van der Waals surface area contributed by atoms with Crippen LogP contribution in [0.2, 0.25) is 0 Å². The fraction of sp³-hybridized carbons (Fsp3) is 0.500. The number of rotatable bonds is 3. The summed E-state index contributed by atoms with van der Waals surface area (Å²) in [5.41, 5.74) is 0. The maximum absolute atomic E-state index is 10.1. The molecule has 5 nitrogen and oxygen atoms in total. The summed E-state index contributed by atoms with van der Waals surface area (Å²) in [6.45, 7) is 0. The zero-order valence-electron chi connectivity index (χ0n) is 4.28. The molecule has 0 aliphatic carbocycles. The van der Waals surface area contributed by atoms with E-state index in [1.807, 2.05) is 0 Å². The molecule has 0 heterocycles. The second-order valence-corrected chi connectivity index (χ2v) is 2.66. The van der Waals surface area contributed by atoms with Gasteiger partial charge in [0, 0.05) is 6.21 Å². The summed E-state index contributed by atoms with van der Waals surface area (Å²) in [5, 5.41) is 7.83. The highest BCUT2D eigenvalue weighted by molar-refractivity contribution is 7.88. The first kappa shape index (κ1) is 8.83. The first-order valence-corrected chi connectivity index (χ1v) is 3.85. The molecule has 0 aliphatic rings. The van der Waals surface area contributed by atoms with Gasteiger partial charge < -0.3 is 5.21 Å². The first-order chi connectivity index (χ1) is 4.12. The van der Waals surface area contributed by atoms with E-state index in [9.17, 15) is 8.42 Å². The van der Waals surface area contributed by atoms with Crippen LogP contribution in [-0.2, 0) is 10.2 Å². The van der Waals surface area contributed by atoms with Crippen molar-refractivity contribution in [2.75, 3.05) is 5.88 Å². The first-order valence-electron chi connectivity index (χ1n) is 1.88. The van der Waals surface area contributed by atoms with Gasteiger partial charge in [0.1, 0.15) is 0 Å². The summed E-state index contributed by atoms with van der Waals surface area (Å²) in [6.07, 6.45) is 0.945. The van der Waals surface area contributed by atoms with Crippen molar-refractivity contribution >= 4 is 28.0 Å². The highest BCUT2D eigenvalue weighted by atomic mass is 35.5. The van der Waals surface area contributed by atoms with E-state index in [0.717, 1.165) is 11.1 Å². The average molecular weight is 173 g/mol. The van der Waals surface area contributed by atoms with E-state index in [2.05, 4.69) is 4.40 Å². The third-order valence-electron chi connectivity index (χ3n) is 0.398. The predicted octanol–water partition coefficient (Wildman–Crippen LogP) is -0.480. The molecule has 0 aromatic carbocycles. The molecule has 0 saturated heterocycles. The van der Waals surface area contributed by atoms with Gasteiger partial charge in [0.05, 0.1) is 5.88 Å². The van der Waals surface area contributed by atoms with Gasteiger partial charge in [-0.3, -0.25) is 0 Å². The van der Waals surface area contributed by atoms with Crippen molar-refractivity contribution in [3.8, 4) is 0 Å². The molecule has 0 spiro atoms. The van der Waals surface area contributed by atoms with Gasteiger partial charge >= 0.3 is 10.2 Å². The van der Waals surface area contributed by atoms with Crippen LogP contribution in [0.3, 0.4) is 0 Å². The molecule has 9 heavy (non-hydrogen) atoms. The molecular formula is C2H5ClN2O3S. The number of hydrogen-bond donors (Lipinski definition) is 2. The summed E-state index contributed by atoms with van der Waals surface area (Å²) in [5.74, 6) is -0.0130. The Kier molecular flexibility index (Phi) is 3.71. The van der Waals surface area contributed by atoms with Gasteiger partial charge in [-0.25, -0.2) is 0 Å². The molecular weight excluding hydrogens is 168 g/mol. The summed E-state index contributed by atoms with van der Waals surface area (Å²) in [7, 11) is -3.89. The number of alkyl halides is 1. The van der Waals surface area contributed by atoms with Crippen LogP contribution in [0.4, 0.5) is 0 Å². The van der Waals surface area contributed by atoms with E-state index < -0.39 is 10.2 Å². The lowest BCUT2D eigenvalue weighted by molar-refractivity contribution is 0.243. The molecule has 0 saturated carbocycles. The monoisotopic (exact) mass is 172 g/mol. The summed E-state index contributed by atoms with van der Waals surface area (Å²) in [6, 6.07) is 0. The highest BCUT2D eigenvalue weighted by Gasteiger charge is 1.99.